The highest BCUT2D eigenvalue weighted by molar-refractivity contribution is 7.90. The van der Waals surface area contributed by atoms with E-state index < -0.39 is 17.2 Å². The number of hydrogen-bond donors (Lipinski definition) is 2. The van der Waals surface area contributed by atoms with Crippen LogP contribution in [0.3, 0.4) is 0 Å². The van der Waals surface area contributed by atoms with Crippen LogP contribution in [0.2, 0.25) is 0 Å². The lowest BCUT2D eigenvalue weighted by Crippen LogP contribution is -2.44. The van der Waals surface area contributed by atoms with Gasteiger partial charge in [0.1, 0.15) is 10.6 Å². The van der Waals surface area contributed by atoms with Crippen molar-refractivity contribution < 1.29 is 8.94 Å². The highest BCUT2D eigenvalue weighted by Gasteiger charge is 2.50. The minimum absolute atomic E-state index is 0.141. The monoisotopic (exact) mass is 270 g/mol. The number of nitrogen functional groups attached to an aromatic ring is 1. The zero-order valence-electron chi connectivity index (χ0n) is 10.9. The molecule has 0 heterocycles. The molecule has 1 aliphatic rings. The maximum absolute atomic E-state index is 13.2. The van der Waals surface area contributed by atoms with E-state index in [1.807, 2.05) is 20.8 Å². The van der Waals surface area contributed by atoms with Gasteiger partial charge in [0.25, 0.3) is 0 Å². The molecule has 3 N–H and O–H groups in total. The fourth-order valence-corrected chi connectivity index (χ4v) is 2.73. The summed E-state index contributed by atoms with van der Waals surface area (Å²) in [5.41, 5.74) is 6.35. The van der Waals surface area contributed by atoms with E-state index in [-0.39, 0.29) is 16.0 Å². The Balaban J connectivity index is 2.19. The normalized spacial score (nSPS) is 19.6. The zero-order valence-corrected chi connectivity index (χ0v) is 11.7. The van der Waals surface area contributed by atoms with Crippen LogP contribution in [-0.2, 0) is 16.9 Å². The van der Waals surface area contributed by atoms with Crippen LogP contribution in [0.15, 0.2) is 18.2 Å². The van der Waals surface area contributed by atoms with Crippen molar-refractivity contribution in [2.75, 3.05) is 5.73 Å². The van der Waals surface area contributed by atoms with Gasteiger partial charge in [-0.3, -0.25) is 0 Å². The van der Waals surface area contributed by atoms with Crippen LogP contribution >= 0.6 is 0 Å². The van der Waals surface area contributed by atoms with Crippen molar-refractivity contribution in [3.05, 3.63) is 29.6 Å². The fraction of sp³-hybridized carbons (Fsp3) is 0.538. The molecule has 1 fully saturated rings. The Kier molecular flexibility index (Phi) is 3.34. The second-order valence-electron chi connectivity index (χ2n) is 5.80. The van der Waals surface area contributed by atoms with Crippen LogP contribution in [0.4, 0.5) is 10.1 Å². The van der Waals surface area contributed by atoms with E-state index in [2.05, 4.69) is 4.72 Å². The van der Waals surface area contributed by atoms with Crippen LogP contribution in [0.25, 0.3) is 0 Å². The molecule has 0 saturated heterocycles. The molecule has 0 unspecified atom stereocenters. The zero-order chi connectivity index (χ0) is 13.6. The van der Waals surface area contributed by atoms with Crippen molar-refractivity contribution >= 4 is 17.0 Å². The molecule has 0 spiro atoms. The SMILES string of the molecule is CC(C)(C)[S@+]([O-])NC1(c2ccc(F)c(N)c2)CC1. The molecule has 1 aromatic rings. The highest BCUT2D eigenvalue weighted by Crippen LogP contribution is 2.47. The van der Waals surface area contributed by atoms with Gasteiger partial charge in [-0.25, -0.2) is 4.39 Å². The molecule has 5 heteroatoms. The summed E-state index contributed by atoms with van der Waals surface area (Å²) in [7, 11) is 0. The Morgan fingerprint density at radius 3 is 2.44 bits per heavy atom. The Bertz CT molecular complexity index is 455. The van der Waals surface area contributed by atoms with E-state index in [0.717, 1.165) is 18.4 Å². The lowest BCUT2D eigenvalue weighted by molar-refractivity contribution is 0.518. The molecule has 2 rings (SSSR count). The lowest BCUT2D eigenvalue weighted by atomic mass is 10.1. The summed E-state index contributed by atoms with van der Waals surface area (Å²) in [6.07, 6.45) is 1.81. The quantitative estimate of drug-likeness (QED) is 0.655. The van der Waals surface area contributed by atoms with Crippen LogP contribution in [-0.4, -0.2) is 9.30 Å². The first-order valence-corrected chi connectivity index (χ1v) is 7.15. The van der Waals surface area contributed by atoms with Crippen molar-refractivity contribution in [3.63, 3.8) is 0 Å². The molecular formula is C13H19FN2OS. The largest absolute Gasteiger partial charge is 0.598 e. The molecule has 0 radical (unpaired) electrons. The first kappa shape index (κ1) is 13.6. The maximum atomic E-state index is 13.2. The molecule has 0 aromatic heterocycles. The molecule has 1 atom stereocenters. The Morgan fingerprint density at radius 2 is 2.00 bits per heavy atom. The van der Waals surface area contributed by atoms with E-state index in [1.54, 1.807) is 12.1 Å². The van der Waals surface area contributed by atoms with E-state index in [9.17, 15) is 8.94 Å². The summed E-state index contributed by atoms with van der Waals surface area (Å²) in [6.45, 7) is 5.77. The Morgan fingerprint density at radius 1 is 1.39 bits per heavy atom. The molecule has 0 aliphatic heterocycles. The van der Waals surface area contributed by atoms with Gasteiger partial charge in [-0.15, -0.1) is 4.72 Å². The predicted molar refractivity (Wildman–Crippen MR) is 72.8 cm³/mol. The number of nitrogens with two attached hydrogens (primary N) is 1. The van der Waals surface area contributed by atoms with Gasteiger partial charge in [-0.1, -0.05) is 6.07 Å². The van der Waals surface area contributed by atoms with E-state index in [4.69, 9.17) is 5.73 Å². The summed E-state index contributed by atoms with van der Waals surface area (Å²) in [4.78, 5) is 0. The van der Waals surface area contributed by atoms with Crippen LogP contribution < -0.4 is 10.5 Å². The molecular weight excluding hydrogens is 251 g/mol. The second kappa shape index (κ2) is 4.40. The van der Waals surface area contributed by atoms with Crippen molar-refractivity contribution in [1.82, 2.24) is 4.72 Å². The van der Waals surface area contributed by atoms with Gasteiger partial charge in [-0.2, -0.15) is 0 Å². The molecule has 1 aliphatic carbocycles. The number of benzene rings is 1. The predicted octanol–water partition coefficient (Wildman–Crippen LogP) is 2.45. The summed E-state index contributed by atoms with van der Waals surface area (Å²) in [5, 5.41) is 0. The molecule has 3 nitrogen and oxygen atoms in total. The third kappa shape index (κ3) is 2.63. The van der Waals surface area contributed by atoms with Gasteiger partial charge in [0.15, 0.2) is 0 Å². The number of halogens is 1. The summed E-state index contributed by atoms with van der Waals surface area (Å²) < 4.78 is 28.1. The number of anilines is 1. The summed E-state index contributed by atoms with van der Waals surface area (Å²) in [6, 6.07) is 4.72. The number of rotatable bonds is 3. The number of hydrogen-bond acceptors (Lipinski definition) is 3. The average Bonchev–Trinajstić information content (AvgIpc) is 3.01. The number of nitrogens with one attached hydrogen (secondary N) is 1. The van der Waals surface area contributed by atoms with Gasteiger partial charge < -0.3 is 10.3 Å². The second-order valence-corrected chi connectivity index (χ2v) is 7.77. The average molecular weight is 270 g/mol. The fourth-order valence-electron chi connectivity index (χ4n) is 1.75. The molecule has 0 bridgehead atoms. The van der Waals surface area contributed by atoms with Crippen molar-refractivity contribution in [2.45, 2.75) is 43.9 Å². The first-order chi connectivity index (χ1) is 8.24. The van der Waals surface area contributed by atoms with Crippen molar-refractivity contribution in [2.24, 2.45) is 0 Å². The summed E-state index contributed by atoms with van der Waals surface area (Å²) in [5.74, 6) is -0.411. The van der Waals surface area contributed by atoms with Gasteiger partial charge in [0, 0.05) is 11.4 Å². The third-order valence-electron chi connectivity index (χ3n) is 3.14. The third-order valence-corrected chi connectivity index (χ3v) is 4.83. The highest BCUT2D eigenvalue weighted by atomic mass is 32.2. The molecule has 0 amide bonds. The van der Waals surface area contributed by atoms with Gasteiger partial charge in [0.2, 0.25) is 0 Å². The van der Waals surface area contributed by atoms with Crippen molar-refractivity contribution in [3.8, 4) is 0 Å². The minimum Gasteiger partial charge on any atom is -0.598 e. The van der Waals surface area contributed by atoms with Crippen LogP contribution in [0, 0.1) is 5.82 Å². The molecule has 1 aromatic carbocycles. The van der Waals surface area contributed by atoms with Gasteiger partial charge in [-0.05, 0) is 51.3 Å². The standard InChI is InChI=1S/C13H19FN2OS/c1-12(2,3)18(17)16-13(6-7-13)9-4-5-10(14)11(15)8-9/h4-5,8,16H,6-7,15H2,1-3H3/t18-/m0/s1. The van der Waals surface area contributed by atoms with Crippen LogP contribution in [0.1, 0.15) is 39.2 Å². The van der Waals surface area contributed by atoms with Gasteiger partial charge >= 0.3 is 0 Å². The first-order valence-electron chi connectivity index (χ1n) is 6.00. The minimum atomic E-state index is -1.14. The van der Waals surface area contributed by atoms with E-state index in [1.165, 1.54) is 6.07 Å². The van der Waals surface area contributed by atoms with Crippen molar-refractivity contribution in [1.29, 1.82) is 0 Å². The molecule has 100 valence electrons. The topological polar surface area (TPSA) is 61.1 Å². The smallest absolute Gasteiger partial charge is 0.146 e. The molecule has 1 saturated carbocycles. The van der Waals surface area contributed by atoms with E-state index in [0.29, 0.717) is 0 Å². The van der Waals surface area contributed by atoms with E-state index >= 15 is 0 Å². The van der Waals surface area contributed by atoms with Crippen LogP contribution in [0.5, 0.6) is 0 Å². The Hall–Kier alpha value is -0.780. The van der Waals surface area contributed by atoms with Gasteiger partial charge in [0.05, 0.1) is 11.2 Å². The Labute approximate surface area is 110 Å². The summed E-state index contributed by atoms with van der Waals surface area (Å²) >= 11 is -1.14. The maximum Gasteiger partial charge on any atom is 0.146 e. The molecule has 18 heavy (non-hydrogen) atoms. The lowest BCUT2D eigenvalue weighted by Gasteiger charge is -2.28.